The molecule has 0 spiro atoms. The predicted molar refractivity (Wildman–Crippen MR) is 71.6 cm³/mol. The van der Waals surface area contributed by atoms with E-state index >= 15 is 0 Å². The van der Waals surface area contributed by atoms with Crippen molar-refractivity contribution in [2.45, 2.75) is 17.7 Å². The average molecular weight is 317 g/mol. The molecule has 6 nitrogen and oxygen atoms in total. The molecule has 0 amide bonds. The van der Waals surface area contributed by atoms with Crippen LogP contribution in [0.4, 0.5) is 5.95 Å². The Hall–Kier alpha value is -1.11. The van der Waals surface area contributed by atoms with Gasteiger partial charge in [-0.05, 0) is 18.8 Å². The lowest BCUT2D eigenvalue weighted by Gasteiger charge is -2.34. The van der Waals surface area contributed by atoms with Crippen LogP contribution in [-0.2, 0) is 0 Å². The molecule has 1 aromatic heterocycles. The Morgan fingerprint density at radius 1 is 1.17 bits per heavy atom. The number of hydrogen-bond acceptors (Lipinski definition) is 6. The van der Waals surface area contributed by atoms with Gasteiger partial charge in [-0.15, -0.1) is 4.98 Å². The molecule has 0 N–H and O–H groups in total. The fourth-order valence-electron chi connectivity index (χ4n) is 1.95. The Labute approximate surface area is 115 Å². The second-order valence-corrected chi connectivity index (χ2v) is 5.72. The first kappa shape index (κ1) is 13.3. The third-order valence-corrected chi connectivity index (χ3v) is 3.75. The Balaban J connectivity index is 2.06. The number of halogens is 1. The minimum absolute atomic E-state index is 0.274. The molecule has 2 rings (SSSR count). The second kappa shape index (κ2) is 5.69. The molecule has 0 atom stereocenters. The number of anilines is 1. The minimum atomic E-state index is 0.274. The van der Waals surface area contributed by atoms with Crippen LogP contribution in [0.2, 0.25) is 0 Å². The van der Waals surface area contributed by atoms with E-state index in [1.807, 2.05) is 11.9 Å². The monoisotopic (exact) mass is 316 g/mol. The van der Waals surface area contributed by atoms with Gasteiger partial charge in [-0.25, -0.2) is 0 Å². The summed E-state index contributed by atoms with van der Waals surface area (Å²) < 4.78 is 10.1. The molecular weight excluding hydrogens is 300 g/mol. The predicted octanol–water partition coefficient (Wildman–Crippen LogP) is 1.50. The fraction of sp³-hybridized carbons (Fsp3) is 0.727. The van der Waals surface area contributed by atoms with E-state index in [1.54, 1.807) is 0 Å². The normalized spacial score (nSPS) is 22.2. The summed E-state index contributed by atoms with van der Waals surface area (Å²) in [4.78, 5) is 15.1. The zero-order chi connectivity index (χ0) is 13.1. The number of hydrogen-bond donors (Lipinski definition) is 0. The molecule has 0 saturated heterocycles. The number of alkyl halides is 1. The van der Waals surface area contributed by atoms with Gasteiger partial charge in [0.2, 0.25) is 5.95 Å². The lowest BCUT2D eigenvalue weighted by Crippen LogP contribution is -2.35. The standard InChI is InChI=1S/C11H17BrN4O2/c1-16(6-7-4-8(12)5-7)9-13-10(17-2)15-11(14-9)18-3/h7-8H,4-6H2,1-3H3. The van der Waals surface area contributed by atoms with Gasteiger partial charge in [0.1, 0.15) is 0 Å². The Bertz CT molecular complexity index is 390. The lowest BCUT2D eigenvalue weighted by atomic mass is 9.85. The van der Waals surface area contributed by atoms with Gasteiger partial charge < -0.3 is 14.4 Å². The third-order valence-electron chi connectivity index (χ3n) is 3.00. The molecule has 0 unspecified atom stereocenters. The smallest absolute Gasteiger partial charge is 0.324 e. The first-order valence-electron chi connectivity index (χ1n) is 5.81. The van der Waals surface area contributed by atoms with Gasteiger partial charge in [0, 0.05) is 18.4 Å². The van der Waals surface area contributed by atoms with Crippen molar-refractivity contribution in [1.29, 1.82) is 0 Å². The molecule has 100 valence electrons. The molecule has 18 heavy (non-hydrogen) atoms. The molecule has 0 aromatic carbocycles. The van der Waals surface area contributed by atoms with Gasteiger partial charge in [0.15, 0.2) is 0 Å². The van der Waals surface area contributed by atoms with Gasteiger partial charge in [0.05, 0.1) is 14.2 Å². The van der Waals surface area contributed by atoms with Crippen LogP contribution in [0.15, 0.2) is 0 Å². The van der Waals surface area contributed by atoms with Crippen LogP contribution in [0.3, 0.4) is 0 Å². The zero-order valence-corrected chi connectivity index (χ0v) is 12.3. The summed E-state index contributed by atoms with van der Waals surface area (Å²) >= 11 is 3.59. The fourth-order valence-corrected chi connectivity index (χ4v) is 3.01. The van der Waals surface area contributed by atoms with Gasteiger partial charge in [-0.1, -0.05) is 15.9 Å². The van der Waals surface area contributed by atoms with Crippen molar-refractivity contribution in [1.82, 2.24) is 15.0 Å². The summed E-state index contributed by atoms with van der Waals surface area (Å²) in [5.74, 6) is 1.27. The third kappa shape index (κ3) is 3.01. The summed E-state index contributed by atoms with van der Waals surface area (Å²) in [5.41, 5.74) is 0. The molecule has 1 saturated carbocycles. The van der Waals surface area contributed by atoms with E-state index in [2.05, 4.69) is 30.9 Å². The molecule has 1 fully saturated rings. The largest absolute Gasteiger partial charge is 0.467 e. The van der Waals surface area contributed by atoms with Crippen molar-refractivity contribution in [3.05, 3.63) is 0 Å². The van der Waals surface area contributed by atoms with Crippen molar-refractivity contribution >= 4 is 21.9 Å². The van der Waals surface area contributed by atoms with E-state index in [1.165, 1.54) is 27.1 Å². The highest BCUT2D eigenvalue weighted by Crippen LogP contribution is 2.34. The quantitative estimate of drug-likeness (QED) is 0.767. The van der Waals surface area contributed by atoms with Crippen LogP contribution in [-0.4, -0.2) is 47.6 Å². The van der Waals surface area contributed by atoms with E-state index in [9.17, 15) is 0 Å². The highest BCUT2D eigenvalue weighted by Gasteiger charge is 2.28. The summed E-state index contributed by atoms with van der Waals surface area (Å²) in [6, 6.07) is 0.548. The molecular formula is C11H17BrN4O2. The van der Waals surface area contributed by atoms with E-state index in [4.69, 9.17) is 9.47 Å². The number of ether oxygens (including phenoxy) is 2. The number of methoxy groups -OCH3 is 2. The molecule has 7 heteroatoms. The van der Waals surface area contributed by atoms with Crippen molar-refractivity contribution in [3.8, 4) is 12.0 Å². The molecule has 1 aliphatic carbocycles. The topological polar surface area (TPSA) is 60.4 Å². The van der Waals surface area contributed by atoms with Crippen LogP contribution >= 0.6 is 15.9 Å². The van der Waals surface area contributed by atoms with E-state index in [0.29, 0.717) is 16.7 Å². The maximum atomic E-state index is 5.03. The highest BCUT2D eigenvalue weighted by molar-refractivity contribution is 9.09. The molecule has 1 aliphatic rings. The van der Waals surface area contributed by atoms with Crippen LogP contribution in [0.5, 0.6) is 12.0 Å². The summed E-state index contributed by atoms with van der Waals surface area (Å²) in [6.45, 7) is 0.929. The SMILES string of the molecule is COc1nc(OC)nc(N(C)CC2CC(Br)C2)n1. The van der Waals surface area contributed by atoms with Crippen molar-refractivity contribution < 1.29 is 9.47 Å². The summed E-state index contributed by atoms with van der Waals surface area (Å²) in [6.07, 6.45) is 2.40. The molecule has 0 radical (unpaired) electrons. The zero-order valence-electron chi connectivity index (χ0n) is 10.8. The van der Waals surface area contributed by atoms with Crippen LogP contribution in [0.1, 0.15) is 12.8 Å². The van der Waals surface area contributed by atoms with Gasteiger partial charge in [-0.3, -0.25) is 0 Å². The van der Waals surface area contributed by atoms with E-state index in [0.717, 1.165) is 6.54 Å². The Kier molecular flexibility index (Phi) is 4.21. The molecule has 1 heterocycles. The van der Waals surface area contributed by atoms with Crippen molar-refractivity contribution in [2.75, 3.05) is 32.7 Å². The first-order valence-corrected chi connectivity index (χ1v) is 6.73. The van der Waals surface area contributed by atoms with Crippen LogP contribution < -0.4 is 14.4 Å². The molecule has 0 bridgehead atoms. The summed E-state index contributed by atoms with van der Waals surface area (Å²) in [5, 5.41) is 0. The van der Waals surface area contributed by atoms with Crippen molar-refractivity contribution in [3.63, 3.8) is 0 Å². The molecule has 0 aliphatic heterocycles. The average Bonchev–Trinajstić information content (AvgIpc) is 2.36. The van der Waals surface area contributed by atoms with Crippen LogP contribution in [0.25, 0.3) is 0 Å². The van der Waals surface area contributed by atoms with Gasteiger partial charge in [0.25, 0.3) is 0 Å². The molecule has 1 aromatic rings. The number of aromatic nitrogens is 3. The maximum Gasteiger partial charge on any atom is 0.324 e. The highest BCUT2D eigenvalue weighted by atomic mass is 79.9. The first-order chi connectivity index (χ1) is 8.62. The van der Waals surface area contributed by atoms with E-state index < -0.39 is 0 Å². The van der Waals surface area contributed by atoms with Crippen LogP contribution in [0, 0.1) is 5.92 Å². The lowest BCUT2D eigenvalue weighted by molar-refractivity contribution is 0.329. The van der Waals surface area contributed by atoms with Gasteiger partial charge >= 0.3 is 12.0 Å². The number of rotatable bonds is 5. The second-order valence-electron chi connectivity index (χ2n) is 4.42. The Morgan fingerprint density at radius 2 is 1.72 bits per heavy atom. The number of nitrogens with zero attached hydrogens (tertiary/aromatic N) is 4. The van der Waals surface area contributed by atoms with Gasteiger partial charge in [-0.2, -0.15) is 9.97 Å². The van der Waals surface area contributed by atoms with Crippen molar-refractivity contribution in [2.24, 2.45) is 5.92 Å². The summed E-state index contributed by atoms with van der Waals surface area (Å²) in [7, 11) is 5.02. The Morgan fingerprint density at radius 3 is 2.17 bits per heavy atom. The maximum absolute atomic E-state index is 5.03. The van der Waals surface area contributed by atoms with E-state index in [-0.39, 0.29) is 12.0 Å². The minimum Gasteiger partial charge on any atom is -0.467 e.